The lowest BCUT2D eigenvalue weighted by Crippen LogP contribution is -2.46. The number of hydrogen-bond donors (Lipinski definition) is 1. The number of aliphatic hydroxyl groups is 1. The van der Waals surface area contributed by atoms with E-state index in [9.17, 15) is 5.11 Å². The molecular weight excluding hydrogens is 346 g/mol. The van der Waals surface area contributed by atoms with E-state index in [0.717, 1.165) is 48.5 Å². The largest absolute Gasteiger partial charge is 0.392 e. The van der Waals surface area contributed by atoms with Gasteiger partial charge in [0, 0.05) is 44.2 Å². The van der Waals surface area contributed by atoms with Gasteiger partial charge in [-0.3, -0.25) is 4.90 Å². The fourth-order valence-corrected chi connectivity index (χ4v) is 3.39. The molecule has 8 nitrogen and oxygen atoms in total. The molecule has 0 bridgehead atoms. The SMILES string of the molecule is COCc1noc(CN2CCN(c3nc4ccccc4cc3CO)CC2)n1. The molecule has 1 aliphatic heterocycles. The van der Waals surface area contributed by atoms with E-state index in [4.69, 9.17) is 14.2 Å². The molecule has 27 heavy (non-hydrogen) atoms. The van der Waals surface area contributed by atoms with E-state index < -0.39 is 0 Å². The van der Waals surface area contributed by atoms with Crippen LogP contribution in [0, 0.1) is 0 Å². The van der Waals surface area contributed by atoms with Crippen molar-refractivity contribution in [1.82, 2.24) is 20.0 Å². The highest BCUT2D eigenvalue weighted by Gasteiger charge is 2.22. The Balaban J connectivity index is 1.43. The fourth-order valence-electron chi connectivity index (χ4n) is 3.39. The topological polar surface area (TPSA) is 87.8 Å². The van der Waals surface area contributed by atoms with Crippen molar-refractivity contribution < 1.29 is 14.4 Å². The van der Waals surface area contributed by atoms with Crippen LogP contribution in [0.5, 0.6) is 0 Å². The summed E-state index contributed by atoms with van der Waals surface area (Å²) in [6, 6.07) is 10.0. The van der Waals surface area contributed by atoms with Crippen LogP contribution in [-0.4, -0.2) is 58.4 Å². The molecule has 1 saturated heterocycles. The number of ether oxygens (including phenoxy) is 1. The smallest absolute Gasteiger partial charge is 0.240 e. The van der Waals surface area contributed by atoms with E-state index in [1.807, 2.05) is 30.3 Å². The average molecular weight is 369 g/mol. The number of anilines is 1. The van der Waals surface area contributed by atoms with E-state index in [1.54, 1.807) is 7.11 Å². The number of rotatable bonds is 6. The molecule has 0 atom stereocenters. The minimum Gasteiger partial charge on any atom is -0.392 e. The molecule has 3 aromatic rings. The van der Waals surface area contributed by atoms with Gasteiger partial charge in [-0.05, 0) is 12.1 Å². The maximum Gasteiger partial charge on any atom is 0.240 e. The standard InChI is InChI=1S/C19H23N5O3/c1-26-13-17-21-18(27-22-17)11-23-6-8-24(9-7-23)19-15(12-25)10-14-4-2-3-5-16(14)20-19/h2-5,10,25H,6-9,11-13H2,1H3. The molecule has 8 heteroatoms. The molecule has 3 heterocycles. The zero-order chi connectivity index (χ0) is 18.6. The number of para-hydroxylation sites is 1. The summed E-state index contributed by atoms with van der Waals surface area (Å²) in [4.78, 5) is 13.6. The number of hydrogen-bond acceptors (Lipinski definition) is 8. The van der Waals surface area contributed by atoms with Crippen LogP contribution in [-0.2, 0) is 24.5 Å². The number of piperazine rings is 1. The van der Waals surface area contributed by atoms with Gasteiger partial charge in [0.1, 0.15) is 12.4 Å². The zero-order valence-corrected chi connectivity index (χ0v) is 15.3. The first kappa shape index (κ1) is 17.8. The Morgan fingerprint density at radius 1 is 1.15 bits per heavy atom. The van der Waals surface area contributed by atoms with Gasteiger partial charge < -0.3 is 19.3 Å². The maximum absolute atomic E-state index is 9.79. The van der Waals surface area contributed by atoms with Crippen LogP contribution in [0.4, 0.5) is 5.82 Å². The van der Waals surface area contributed by atoms with Gasteiger partial charge in [-0.15, -0.1) is 0 Å². The number of aliphatic hydroxyl groups excluding tert-OH is 1. The van der Waals surface area contributed by atoms with Crippen LogP contribution < -0.4 is 4.90 Å². The lowest BCUT2D eigenvalue weighted by molar-refractivity contribution is 0.174. The van der Waals surface area contributed by atoms with E-state index in [1.165, 1.54) is 0 Å². The Labute approximate surface area is 157 Å². The Morgan fingerprint density at radius 3 is 2.74 bits per heavy atom. The average Bonchev–Trinajstić information content (AvgIpc) is 3.15. The lowest BCUT2D eigenvalue weighted by Gasteiger charge is -2.35. The summed E-state index contributed by atoms with van der Waals surface area (Å²) in [5.74, 6) is 2.05. The summed E-state index contributed by atoms with van der Waals surface area (Å²) in [7, 11) is 1.61. The van der Waals surface area contributed by atoms with Crippen LogP contribution >= 0.6 is 0 Å². The third-order valence-corrected chi connectivity index (χ3v) is 4.76. The highest BCUT2D eigenvalue weighted by molar-refractivity contribution is 5.81. The minimum atomic E-state index is -0.0162. The Kier molecular flexibility index (Phi) is 5.28. The number of aromatic nitrogens is 3. The number of fused-ring (bicyclic) bond motifs is 1. The van der Waals surface area contributed by atoms with Gasteiger partial charge in [0.05, 0.1) is 18.7 Å². The highest BCUT2D eigenvalue weighted by atomic mass is 16.5. The van der Waals surface area contributed by atoms with Crippen molar-refractivity contribution in [1.29, 1.82) is 0 Å². The van der Waals surface area contributed by atoms with Crippen molar-refractivity contribution >= 4 is 16.7 Å². The molecule has 1 aliphatic rings. The number of benzene rings is 1. The third kappa shape index (κ3) is 3.92. The van der Waals surface area contributed by atoms with Crippen molar-refractivity contribution in [3.8, 4) is 0 Å². The summed E-state index contributed by atoms with van der Waals surface area (Å²) in [5.41, 5.74) is 1.81. The van der Waals surface area contributed by atoms with Crippen molar-refractivity contribution in [3.63, 3.8) is 0 Å². The summed E-state index contributed by atoms with van der Waals surface area (Å²) in [5, 5.41) is 14.7. The first-order chi connectivity index (χ1) is 13.3. The molecule has 0 unspecified atom stereocenters. The minimum absolute atomic E-state index is 0.0162. The monoisotopic (exact) mass is 369 g/mol. The molecule has 142 valence electrons. The molecule has 1 N–H and O–H groups in total. The van der Waals surface area contributed by atoms with E-state index >= 15 is 0 Å². The quantitative estimate of drug-likeness (QED) is 0.701. The molecule has 0 radical (unpaired) electrons. The molecule has 0 aliphatic carbocycles. The van der Waals surface area contributed by atoms with Gasteiger partial charge in [0.2, 0.25) is 5.89 Å². The van der Waals surface area contributed by atoms with Crippen molar-refractivity contribution in [2.75, 3.05) is 38.2 Å². The normalized spacial score (nSPS) is 15.6. The second kappa shape index (κ2) is 7.99. The Hall–Kier alpha value is -2.55. The second-order valence-electron chi connectivity index (χ2n) is 6.62. The Bertz CT molecular complexity index is 905. The van der Waals surface area contributed by atoms with Crippen LogP contribution in [0.15, 0.2) is 34.9 Å². The van der Waals surface area contributed by atoms with Crippen molar-refractivity contribution in [2.45, 2.75) is 19.8 Å². The second-order valence-corrected chi connectivity index (χ2v) is 6.62. The number of pyridine rings is 1. The third-order valence-electron chi connectivity index (χ3n) is 4.76. The zero-order valence-electron chi connectivity index (χ0n) is 15.3. The molecule has 1 aromatic carbocycles. The molecule has 1 fully saturated rings. The maximum atomic E-state index is 9.79. The summed E-state index contributed by atoms with van der Waals surface area (Å²) < 4.78 is 10.3. The molecular formula is C19H23N5O3. The summed E-state index contributed by atoms with van der Waals surface area (Å²) >= 11 is 0. The van der Waals surface area contributed by atoms with Crippen molar-refractivity contribution in [3.05, 3.63) is 47.6 Å². The van der Waals surface area contributed by atoms with Gasteiger partial charge >= 0.3 is 0 Å². The van der Waals surface area contributed by atoms with Crippen LogP contribution in [0.2, 0.25) is 0 Å². The lowest BCUT2D eigenvalue weighted by atomic mass is 10.1. The molecule has 0 spiro atoms. The van der Waals surface area contributed by atoms with Crippen LogP contribution in [0.3, 0.4) is 0 Å². The van der Waals surface area contributed by atoms with Gasteiger partial charge in [-0.2, -0.15) is 4.98 Å². The first-order valence-electron chi connectivity index (χ1n) is 9.04. The molecule has 2 aromatic heterocycles. The highest BCUT2D eigenvalue weighted by Crippen LogP contribution is 2.25. The molecule has 0 amide bonds. The van der Waals surface area contributed by atoms with Crippen LogP contribution in [0.25, 0.3) is 10.9 Å². The molecule has 0 saturated carbocycles. The van der Waals surface area contributed by atoms with Gasteiger partial charge in [0.25, 0.3) is 0 Å². The summed E-state index contributed by atoms with van der Waals surface area (Å²) in [6.07, 6.45) is 0. The van der Waals surface area contributed by atoms with E-state index in [0.29, 0.717) is 24.9 Å². The number of nitrogens with zero attached hydrogens (tertiary/aromatic N) is 5. The van der Waals surface area contributed by atoms with Crippen molar-refractivity contribution in [2.24, 2.45) is 0 Å². The van der Waals surface area contributed by atoms with Gasteiger partial charge in [-0.25, -0.2) is 4.98 Å². The summed E-state index contributed by atoms with van der Waals surface area (Å²) in [6.45, 7) is 4.35. The fraction of sp³-hybridized carbons (Fsp3) is 0.421. The van der Waals surface area contributed by atoms with E-state index in [2.05, 4.69) is 19.9 Å². The Morgan fingerprint density at radius 2 is 1.96 bits per heavy atom. The molecule has 4 rings (SSSR count). The predicted octanol–water partition coefficient (Wildman–Crippen LogP) is 1.58. The van der Waals surface area contributed by atoms with E-state index in [-0.39, 0.29) is 6.61 Å². The van der Waals surface area contributed by atoms with Gasteiger partial charge in [0.15, 0.2) is 5.82 Å². The first-order valence-corrected chi connectivity index (χ1v) is 9.04. The van der Waals surface area contributed by atoms with Crippen LogP contribution in [0.1, 0.15) is 17.3 Å². The predicted molar refractivity (Wildman–Crippen MR) is 100 cm³/mol. The van der Waals surface area contributed by atoms with Gasteiger partial charge in [-0.1, -0.05) is 23.4 Å². The number of methoxy groups -OCH3 is 1.